The average molecular weight is 352 g/mol. The molecule has 134 valence electrons. The number of aromatic nitrogens is 3. The van der Waals surface area contributed by atoms with Crippen LogP contribution in [0.25, 0.3) is 10.9 Å². The Morgan fingerprint density at radius 1 is 1.23 bits per heavy atom. The first-order valence-corrected chi connectivity index (χ1v) is 8.49. The van der Waals surface area contributed by atoms with E-state index in [-0.39, 0.29) is 17.6 Å². The molecule has 0 saturated carbocycles. The van der Waals surface area contributed by atoms with Crippen molar-refractivity contribution in [1.29, 1.82) is 0 Å². The van der Waals surface area contributed by atoms with E-state index in [1.165, 1.54) is 4.68 Å². The van der Waals surface area contributed by atoms with E-state index in [9.17, 15) is 4.79 Å². The highest BCUT2D eigenvalue weighted by molar-refractivity contribution is 5.92. The number of anilines is 1. The second-order valence-corrected chi connectivity index (χ2v) is 6.35. The SMILES string of the molecule is COc1ccc2nccc(NC3COCC3n3nc(C)ccc3=O)c2c1. The van der Waals surface area contributed by atoms with Gasteiger partial charge in [0.1, 0.15) is 11.8 Å². The van der Waals surface area contributed by atoms with Gasteiger partial charge in [0.2, 0.25) is 0 Å². The molecule has 1 N–H and O–H groups in total. The van der Waals surface area contributed by atoms with Crippen molar-refractivity contribution in [2.45, 2.75) is 19.0 Å². The van der Waals surface area contributed by atoms with E-state index in [4.69, 9.17) is 9.47 Å². The van der Waals surface area contributed by atoms with Gasteiger partial charge in [-0.25, -0.2) is 4.68 Å². The summed E-state index contributed by atoms with van der Waals surface area (Å²) < 4.78 is 12.5. The fraction of sp³-hybridized carbons (Fsp3) is 0.316. The molecule has 1 aliphatic heterocycles. The molecule has 0 aliphatic carbocycles. The monoisotopic (exact) mass is 352 g/mol. The van der Waals surface area contributed by atoms with E-state index >= 15 is 0 Å². The van der Waals surface area contributed by atoms with Crippen molar-refractivity contribution >= 4 is 16.6 Å². The maximum absolute atomic E-state index is 12.2. The van der Waals surface area contributed by atoms with Crippen molar-refractivity contribution in [3.63, 3.8) is 0 Å². The second-order valence-electron chi connectivity index (χ2n) is 6.35. The fourth-order valence-electron chi connectivity index (χ4n) is 3.26. The van der Waals surface area contributed by atoms with Crippen LogP contribution in [-0.4, -0.2) is 41.1 Å². The summed E-state index contributed by atoms with van der Waals surface area (Å²) in [7, 11) is 1.64. The summed E-state index contributed by atoms with van der Waals surface area (Å²) >= 11 is 0. The summed E-state index contributed by atoms with van der Waals surface area (Å²) in [6.45, 7) is 2.82. The first-order chi connectivity index (χ1) is 12.7. The highest BCUT2D eigenvalue weighted by Gasteiger charge is 2.31. The van der Waals surface area contributed by atoms with Crippen LogP contribution in [0.4, 0.5) is 5.69 Å². The van der Waals surface area contributed by atoms with Crippen molar-refractivity contribution in [2.75, 3.05) is 25.6 Å². The summed E-state index contributed by atoms with van der Waals surface area (Å²) in [6, 6.07) is 10.7. The minimum atomic E-state index is -0.170. The molecule has 2 unspecified atom stereocenters. The smallest absolute Gasteiger partial charge is 0.267 e. The Morgan fingerprint density at radius 3 is 2.96 bits per heavy atom. The second kappa shape index (κ2) is 6.76. The van der Waals surface area contributed by atoms with Gasteiger partial charge in [-0.15, -0.1) is 0 Å². The molecule has 3 heterocycles. The van der Waals surface area contributed by atoms with E-state index < -0.39 is 0 Å². The zero-order valence-corrected chi connectivity index (χ0v) is 14.7. The third-order valence-corrected chi connectivity index (χ3v) is 4.61. The van der Waals surface area contributed by atoms with E-state index in [0.717, 1.165) is 28.0 Å². The Bertz CT molecular complexity index is 1000. The van der Waals surface area contributed by atoms with E-state index in [1.54, 1.807) is 25.4 Å². The van der Waals surface area contributed by atoms with Gasteiger partial charge in [-0.1, -0.05) is 0 Å². The number of methoxy groups -OCH3 is 1. The molecule has 26 heavy (non-hydrogen) atoms. The largest absolute Gasteiger partial charge is 0.497 e. The van der Waals surface area contributed by atoms with Crippen LogP contribution < -0.4 is 15.6 Å². The van der Waals surface area contributed by atoms with Crippen LogP contribution in [0.2, 0.25) is 0 Å². The van der Waals surface area contributed by atoms with Crippen molar-refractivity contribution < 1.29 is 9.47 Å². The molecule has 0 radical (unpaired) electrons. The molecule has 2 aromatic heterocycles. The minimum absolute atomic E-state index is 0.0706. The van der Waals surface area contributed by atoms with Crippen LogP contribution in [0.15, 0.2) is 47.4 Å². The average Bonchev–Trinajstić information content (AvgIpc) is 3.11. The number of benzene rings is 1. The van der Waals surface area contributed by atoms with Crippen molar-refractivity contribution in [2.24, 2.45) is 0 Å². The molecule has 1 aromatic carbocycles. The summed E-state index contributed by atoms with van der Waals surface area (Å²) in [5, 5.41) is 8.86. The van der Waals surface area contributed by atoms with Gasteiger partial charge in [-0.05, 0) is 37.3 Å². The number of aryl methyl sites for hydroxylation is 1. The van der Waals surface area contributed by atoms with Gasteiger partial charge in [0.15, 0.2) is 0 Å². The van der Waals surface area contributed by atoms with Crippen LogP contribution in [0.5, 0.6) is 5.75 Å². The maximum Gasteiger partial charge on any atom is 0.267 e. The normalized spacial score (nSPS) is 19.6. The quantitative estimate of drug-likeness (QED) is 0.775. The summed E-state index contributed by atoms with van der Waals surface area (Å²) in [6.07, 6.45) is 1.76. The van der Waals surface area contributed by atoms with Gasteiger partial charge < -0.3 is 14.8 Å². The number of fused-ring (bicyclic) bond motifs is 1. The lowest BCUT2D eigenvalue weighted by atomic mass is 10.1. The molecule has 1 saturated heterocycles. The lowest BCUT2D eigenvalue weighted by molar-refractivity contribution is 0.182. The van der Waals surface area contributed by atoms with Crippen LogP contribution in [-0.2, 0) is 4.74 Å². The number of ether oxygens (including phenoxy) is 2. The standard InChI is InChI=1S/C19H20N4O3/c1-12-3-6-19(24)23(22-12)18-11-26-10-17(18)21-16-7-8-20-15-5-4-13(25-2)9-14(15)16/h3-9,17-18H,10-11H2,1-2H3,(H,20,21). The number of rotatable bonds is 4. The molecule has 0 amide bonds. The molecule has 1 aliphatic rings. The molecule has 7 nitrogen and oxygen atoms in total. The van der Waals surface area contributed by atoms with E-state index in [0.29, 0.717) is 13.2 Å². The zero-order chi connectivity index (χ0) is 18.1. The predicted molar refractivity (Wildman–Crippen MR) is 98.8 cm³/mol. The number of pyridine rings is 1. The van der Waals surface area contributed by atoms with Crippen molar-refractivity contribution in [3.05, 3.63) is 58.6 Å². The molecule has 0 spiro atoms. The fourth-order valence-corrected chi connectivity index (χ4v) is 3.26. The minimum Gasteiger partial charge on any atom is -0.497 e. The van der Waals surface area contributed by atoms with Crippen molar-refractivity contribution in [3.8, 4) is 5.75 Å². The number of nitrogens with zero attached hydrogens (tertiary/aromatic N) is 3. The Labute approximate surface area is 150 Å². The number of hydrogen-bond acceptors (Lipinski definition) is 6. The lowest BCUT2D eigenvalue weighted by Crippen LogP contribution is -2.37. The van der Waals surface area contributed by atoms with Gasteiger partial charge >= 0.3 is 0 Å². The molecular formula is C19H20N4O3. The van der Waals surface area contributed by atoms with Crippen LogP contribution >= 0.6 is 0 Å². The predicted octanol–water partition coefficient (Wildman–Crippen LogP) is 2.16. The summed E-state index contributed by atoms with van der Waals surface area (Å²) in [5.74, 6) is 0.768. The number of nitrogens with one attached hydrogen (secondary N) is 1. The molecule has 1 fully saturated rings. The maximum atomic E-state index is 12.2. The Morgan fingerprint density at radius 2 is 2.12 bits per heavy atom. The Hall–Kier alpha value is -2.93. The highest BCUT2D eigenvalue weighted by atomic mass is 16.5. The van der Waals surface area contributed by atoms with Gasteiger partial charge in [-0.2, -0.15) is 5.10 Å². The highest BCUT2D eigenvalue weighted by Crippen LogP contribution is 2.29. The Kier molecular flexibility index (Phi) is 4.30. The van der Waals surface area contributed by atoms with Gasteiger partial charge in [0.25, 0.3) is 5.56 Å². The molecule has 0 bridgehead atoms. The Balaban J connectivity index is 1.69. The van der Waals surface area contributed by atoms with Crippen LogP contribution in [0.1, 0.15) is 11.7 Å². The van der Waals surface area contributed by atoms with Crippen molar-refractivity contribution in [1.82, 2.24) is 14.8 Å². The van der Waals surface area contributed by atoms with Gasteiger partial charge in [-0.3, -0.25) is 9.78 Å². The van der Waals surface area contributed by atoms with E-state index in [2.05, 4.69) is 15.4 Å². The summed E-state index contributed by atoms with van der Waals surface area (Å²) in [5.41, 5.74) is 2.47. The molecule has 7 heteroatoms. The molecule has 4 rings (SSSR count). The molecular weight excluding hydrogens is 332 g/mol. The first kappa shape index (κ1) is 16.5. The molecule has 3 aromatic rings. The topological polar surface area (TPSA) is 78.3 Å². The van der Waals surface area contributed by atoms with Gasteiger partial charge in [0, 0.05) is 23.3 Å². The van der Waals surface area contributed by atoms with E-state index in [1.807, 2.05) is 31.2 Å². The number of hydrogen-bond donors (Lipinski definition) is 1. The van der Waals surface area contributed by atoms with Crippen LogP contribution in [0.3, 0.4) is 0 Å². The third-order valence-electron chi connectivity index (χ3n) is 4.61. The summed E-state index contributed by atoms with van der Waals surface area (Å²) in [4.78, 5) is 16.6. The van der Waals surface area contributed by atoms with Gasteiger partial charge in [0.05, 0.1) is 37.6 Å². The molecule has 2 atom stereocenters. The lowest BCUT2D eigenvalue weighted by Gasteiger charge is -2.22. The third kappa shape index (κ3) is 3.01. The first-order valence-electron chi connectivity index (χ1n) is 8.49. The van der Waals surface area contributed by atoms with Crippen LogP contribution in [0, 0.1) is 6.92 Å². The zero-order valence-electron chi connectivity index (χ0n) is 14.7.